The first kappa shape index (κ1) is 20.5. The summed E-state index contributed by atoms with van der Waals surface area (Å²) in [4.78, 5) is 25.6. The van der Waals surface area contributed by atoms with E-state index in [9.17, 15) is 9.59 Å². The lowest BCUT2D eigenvalue weighted by atomic mass is 9.95. The van der Waals surface area contributed by atoms with Crippen LogP contribution in [0.3, 0.4) is 0 Å². The number of rotatable bonds is 5. The average molecular weight is 431 g/mol. The van der Waals surface area contributed by atoms with Crippen molar-refractivity contribution in [3.63, 3.8) is 0 Å². The van der Waals surface area contributed by atoms with Gasteiger partial charge in [-0.3, -0.25) is 14.9 Å². The summed E-state index contributed by atoms with van der Waals surface area (Å²) < 4.78 is 13.4. The van der Waals surface area contributed by atoms with Gasteiger partial charge >= 0.3 is 0 Å². The fourth-order valence-electron chi connectivity index (χ4n) is 4.41. The van der Waals surface area contributed by atoms with Crippen molar-refractivity contribution in [2.45, 2.75) is 25.7 Å². The molecule has 0 aliphatic carbocycles. The van der Waals surface area contributed by atoms with E-state index in [4.69, 9.17) is 9.47 Å². The summed E-state index contributed by atoms with van der Waals surface area (Å²) in [5, 5.41) is 6.76. The molecular formula is C25H25N3O4. The molecule has 1 fully saturated rings. The van der Waals surface area contributed by atoms with Gasteiger partial charge in [0.05, 0.1) is 17.8 Å². The number of nitrogens with zero attached hydrogens (tertiary/aromatic N) is 1. The predicted molar refractivity (Wildman–Crippen MR) is 123 cm³/mol. The molecule has 2 aliphatic heterocycles. The van der Waals surface area contributed by atoms with E-state index in [1.807, 2.05) is 80.2 Å². The zero-order valence-electron chi connectivity index (χ0n) is 18.3. The Hall–Kier alpha value is -3.42. The number of fused-ring (bicyclic) bond motifs is 1. The minimum atomic E-state index is -0.575. The van der Waals surface area contributed by atoms with Crippen LogP contribution in [-0.4, -0.2) is 41.4 Å². The molecule has 0 bridgehead atoms. The van der Waals surface area contributed by atoms with Crippen molar-refractivity contribution in [2.75, 3.05) is 18.5 Å². The highest BCUT2D eigenvalue weighted by Gasteiger charge is 2.34. The fraction of sp³-hybridized carbons (Fsp3) is 0.280. The molecule has 0 saturated carbocycles. The Kier molecular flexibility index (Phi) is 4.87. The molecule has 1 saturated heterocycles. The monoisotopic (exact) mass is 431 g/mol. The minimum absolute atomic E-state index is 0.0597. The molecule has 3 heterocycles. The molecule has 2 aliphatic rings. The Morgan fingerprint density at radius 1 is 1.09 bits per heavy atom. The van der Waals surface area contributed by atoms with Crippen molar-refractivity contribution < 1.29 is 19.1 Å². The summed E-state index contributed by atoms with van der Waals surface area (Å²) in [7, 11) is 1.93. The second-order valence-electron chi connectivity index (χ2n) is 8.62. The first-order valence-electron chi connectivity index (χ1n) is 10.6. The fourth-order valence-corrected chi connectivity index (χ4v) is 4.41. The van der Waals surface area contributed by atoms with Crippen molar-refractivity contribution in [3.05, 3.63) is 65.9 Å². The number of hydrogen-bond acceptors (Lipinski definition) is 5. The van der Waals surface area contributed by atoms with Gasteiger partial charge in [0, 0.05) is 41.9 Å². The number of amides is 2. The van der Waals surface area contributed by atoms with Crippen molar-refractivity contribution in [3.8, 4) is 0 Å². The van der Waals surface area contributed by atoms with Crippen LogP contribution in [0.2, 0.25) is 0 Å². The van der Waals surface area contributed by atoms with Crippen molar-refractivity contribution in [1.29, 1.82) is 0 Å². The van der Waals surface area contributed by atoms with Gasteiger partial charge in [-0.25, -0.2) is 0 Å². The molecule has 2 N–H and O–H groups in total. The number of carbonyl (C=O) groups is 2. The lowest BCUT2D eigenvalue weighted by molar-refractivity contribution is -0.136. The van der Waals surface area contributed by atoms with Gasteiger partial charge in [-0.15, -0.1) is 0 Å². The largest absolute Gasteiger partial charge is 0.382 e. The number of hydrogen-bond donors (Lipinski definition) is 2. The van der Waals surface area contributed by atoms with Gasteiger partial charge in [-0.2, -0.15) is 0 Å². The SMILES string of the molecule is Cn1cc(C2=C(c3cccc(NCC4COC(C)(C)O4)c3)C(=O)NC2=O)c2ccccc21. The smallest absolute Gasteiger partial charge is 0.259 e. The molecular weight excluding hydrogens is 406 g/mol. The summed E-state index contributed by atoms with van der Waals surface area (Å²) in [5.41, 5.74) is 4.06. The van der Waals surface area contributed by atoms with E-state index in [-0.39, 0.29) is 17.9 Å². The second kappa shape index (κ2) is 7.62. The van der Waals surface area contributed by atoms with Crippen LogP contribution in [0, 0.1) is 0 Å². The number of benzene rings is 2. The molecule has 2 amide bonds. The molecule has 1 unspecified atom stereocenters. The van der Waals surface area contributed by atoms with E-state index in [0.717, 1.165) is 22.2 Å². The number of imide groups is 1. The number of carbonyl (C=O) groups excluding carboxylic acids is 2. The lowest BCUT2D eigenvalue weighted by Gasteiger charge is -2.17. The Labute approximate surface area is 186 Å². The molecule has 5 rings (SSSR count). The minimum Gasteiger partial charge on any atom is -0.382 e. The Morgan fingerprint density at radius 2 is 1.88 bits per heavy atom. The predicted octanol–water partition coefficient (Wildman–Crippen LogP) is 3.31. The molecule has 0 radical (unpaired) electrons. The number of aryl methyl sites for hydroxylation is 1. The first-order chi connectivity index (χ1) is 15.3. The molecule has 2 aromatic carbocycles. The molecule has 3 aromatic rings. The van der Waals surface area contributed by atoms with Gasteiger partial charge < -0.3 is 19.4 Å². The normalized spacial score (nSPS) is 20.3. The van der Waals surface area contributed by atoms with Crippen molar-refractivity contribution >= 4 is 39.6 Å². The maximum atomic E-state index is 12.8. The van der Waals surface area contributed by atoms with Crippen LogP contribution in [-0.2, 0) is 26.1 Å². The van der Waals surface area contributed by atoms with Crippen molar-refractivity contribution in [1.82, 2.24) is 9.88 Å². The maximum Gasteiger partial charge on any atom is 0.259 e. The van der Waals surface area contributed by atoms with Crippen LogP contribution in [0.5, 0.6) is 0 Å². The topological polar surface area (TPSA) is 81.6 Å². The van der Waals surface area contributed by atoms with Crippen LogP contribution in [0.4, 0.5) is 5.69 Å². The molecule has 1 atom stereocenters. The van der Waals surface area contributed by atoms with E-state index in [0.29, 0.717) is 29.9 Å². The third kappa shape index (κ3) is 3.59. The summed E-state index contributed by atoms with van der Waals surface area (Å²) >= 11 is 0. The number of ether oxygens (including phenoxy) is 2. The van der Waals surface area contributed by atoms with E-state index >= 15 is 0 Å². The van der Waals surface area contributed by atoms with Gasteiger partial charge in [-0.1, -0.05) is 30.3 Å². The zero-order chi connectivity index (χ0) is 22.5. The average Bonchev–Trinajstić information content (AvgIpc) is 3.39. The van der Waals surface area contributed by atoms with Crippen LogP contribution in [0.25, 0.3) is 22.0 Å². The second-order valence-corrected chi connectivity index (χ2v) is 8.62. The molecule has 7 heteroatoms. The van der Waals surface area contributed by atoms with Crippen molar-refractivity contribution in [2.24, 2.45) is 7.05 Å². The summed E-state index contributed by atoms with van der Waals surface area (Å²) in [6.07, 6.45) is 1.84. The van der Waals surface area contributed by atoms with E-state index in [1.54, 1.807) is 0 Å². The Morgan fingerprint density at radius 3 is 2.66 bits per heavy atom. The van der Waals surface area contributed by atoms with Crippen LogP contribution >= 0.6 is 0 Å². The van der Waals surface area contributed by atoms with Gasteiger partial charge in [0.25, 0.3) is 11.8 Å². The highest BCUT2D eigenvalue weighted by molar-refractivity contribution is 6.50. The van der Waals surface area contributed by atoms with E-state index in [1.165, 1.54) is 0 Å². The Bertz CT molecular complexity index is 1270. The van der Waals surface area contributed by atoms with Crippen LogP contribution in [0.15, 0.2) is 54.7 Å². The van der Waals surface area contributed by atoms with Gasteiger partial charge in [0.1, 0.15) is 6.10 Å². The first-order valence-corrected chi connectivity index (χ1v) is 10.6. The van der Waals surface area contributed by atoms with E-state index in [2.05, 4.69) is 10.6 Å². The maximum absolute atomic E-state index is 12.8. The van der Waals surface area contributed by atoms with Gasteiger partial charge in [-0.05, 0) is 37.6 Å². The quantitative estimate of drug-likeness (QED) is 0.606. The number of anilines is 1. The third-order valence-electron chi connectivity index (χ3n) is 5.85. The van der Waals surface area contributed by atoms with Gasteiger partial charge in [0.2, 0.25) is 0 Å². The summed E-state index contributed by atoms with van der Waals surface area (Å²) in [5.74, 6) is -1.34. The molecule has 0 spiro atoms. The molecule has 164 valence electrons. The standard InChI is InChI=1S/C25H25N3O4/c1-25(2)31-14-17(32-25)12-26-16-8-6-7-15(11-16)21-22(24(30)27-23(21)29)19-13-28(3)20-10-5-4-9-18(19)20/h4-11,13,17,26H,12,14H2,1-3H3,(H,27,29,30). The lowest BCUT2D eigenvalue weighted by Crippen LogP contribution is -2.26. The molecule has 1 aromatic heterocycles. The van der Waals surface area contributed by atoms with Gasteiger partial charge in [0.15, 0.2) is 5.79 Å². The molecule has 7 nitrogen and oxygen atoms in total. The number of aromatic nitrogens is 1. The molecule has 32 heavy (non-hydrogen) atoms. The summed E-state index contributed by atoms with van der Waals surface area (Å²) in [6.45, 7) is 4.88. The highest BCUT2D eigenvalue weighted by Crippen LogP contribution is 2.36. The number of para-hydroxylation sites is 1. The zero-order valence-corrected chi connectivity index (χ0v) is 18.3. The highest BCUT2D eigenvalue weighted by atomic mass is 16.7. The summed E-state index contributed by atoms with van der Waals surface area (Å²) in [6, 6.07) is 15.4. The van der Waals surface area contributed by atoms with Crippen LogP contribution in [0.1, 0.15) is 25.0 Å². The van der Waals surface area contributed by atoms with Crippen LogP contribution < -0.4 is 10.6 Å². The Balaban J connectivity index is 1.51. The third-order valence-corrected chi connectivity index (χ3v) is 5.85. The number of nitrogens with one attached hydrogen (secondary N) is 2. The van der Waals surface area contributed by atoms with E-state index < -0.39 is 5.79 Å².